The number of benzene rings is 2. The molecule has 38 heavy (non-hydrogen) atoms. The first-order chi connectivity index (χ1) is 18.1. The van der Waals surface area contributed by atoms with Gasteiger partial charge in [0.1, 0.15) is 11.4 Å². The van der Waals surface area contributed by atoms with E-state index in [1.807, 2.05) is 6.07 Å². The Labute approximate surface area is 217 Å². The average molecular weight is 531 g/mol. The highest BCUT2D eigenvalue weighted by atomic mass is 19.4. The minimum Gasteiger partial charge on any atom is -0.508 e. The molecular formula is C27H29F3N4O4. The number of nitrogens with zero attached hydrogens (tertiary/aromatic N) is 3. The molecule has 2 amide bonds. The minimum absolute atomic E-state index is 0.124. The number of halogens is 3. The molecule has 2 aromatic rings. The number of alkyl halides is 3. The third-order valence-corrected chi connectivity index (χ3v) is 7.59. The predicted octanol–water partition coefficient (Wildman–Crippen LogP) is 4.48. The zero-order valence-electron chi connectivity index (χ0n) is 20.7. The predicted molar refractivity (Wildman–Crippen MR) is 130 cm³/mol. The van der Waals surface area contributed by atoms with Crippen LogP contribution >= 0.6 is 0 Å². The van der Waals surface area contributed by atoms with Gasteiger partial charge in [0, 0.05) is 24.1 Å². The molecular weight excluding hydrogens is 501 g/mol. The van der Waals surface area contributed by atoms with Crippen molar-refractivity contribution >= 4 is 11.8 Å². The number of carbonyl (C=O) groups is 2. The van der Waals surface area contributed by atoms with E-state index in [0.717, 1.165) is 24.8 Å². The van der Waals surface area contributed by atoms with E-state index in [9.17, 15) is 27.9 Å². The van der Waals surface area contributed by atoms with Gasteiger partial charge < -0.3 is 20.1 Å². The van der Waals surface area contributed by atoms with Crippen molar-refractivity contribution in [1.29, 1.82) is 0 Å². The molecule has 1 saturated carbocycles. The zero-order chi connectivity index (χ0) is 27.0. The summed E-state index contributed by atoms with van der Waals surface area (Å²) in [6.45, 7) is 0.925. The molecule has 0 aromatic heterocycles. The number of hydrogen-bond acceptors (Lipinski definition) is 6. The number of hydrogen-bond donors (Lipinski definition) is 2. The summed E-state index contributed by atoms with van der Waals surface area (Å²) in [6.07, 6.45) is -0.654. The highest BCUT2D eigenvalue weighted by Crippen LogP contribution is 2.52. The first kappa shape index (κ1) is 26.1. The zero-order valence-corrected chi connectivity index (χ0v) is 20.7. The molecule has 2 fully saturated rings. The van der Waals surface area contributed by atoms with Crippen LogP contribution in [0.1, 0.15) is 53.6 Å². The normalized spacial score (nSPS) is 24.3. The first-order valence-corrected chi connectivity index (χ1v) is 12.7. The third-order valence-electron chi connectivity index (χ3n) is 7.59. The maximum Gasteiger partial charge on any atom is 0.442 e. The molecule has 2 N–H and O–H groups in total. The van der Waals surface area contributed by atoms with Gasteiger partial charge >= 0.3 is 11.8 Å². The van der Waals surface area contributed by atoms with E-state index < -0.39 is 17.4 Å². The van der Waals surface area contributed by atoms with Crippen LogP contribution < -0.4 is 5.32 Å². The van der Waals surface area contributed by atoms with Crippen molar-refractivity contribution in [3.63, 3.8) is 0 Å². The Morgan fingerprint density at radius 3 is 2.58 bits per heavy atom. The van der Waals surface area contributed by atoms with Gasteiger partial charge in [0.15, 0.2) is 0 Å². The topological polar surface area (TPSA) is 104 Å². The number of nitrogens with one attached hydrogen (secondary N) is 1. The Hall–Kier alpha value is -3.47. The van der Waals surface area contributed by atoms with Crippen LogP contribution in [0.4, 0.5) is 13.2 Å². The molecule has 3 aliphatic rings. The number of aryl methyl sites for hydroxylation is 1. The van der Waals surface area contributed by atoms with E-state index in [1.54, 1.807) is 23.1 Å². The smallest absolute Gasteiger partial charge is 0.442 e. The summed E-state index contributed by atoms with van der Waals surface area (Å²) in [7, 11) is 0. The fraction of sp³-hybridized carbons (Fsp3) is 0.481. The summed E-state index contributed by atoms with van der Waals surface area (Å²) >= 11 is 0. The molecule has 0 bridgehead atoms. The highest BCUT2D eigenvalue weighted by molar-refractivity contribution is 5.94. The molecule has 202 valence electrons. The highest BCUT2D eigenvalue weighted by Gasteiger charge is 2.65. The number of amides is 2. The number of phenolic OH excluding ortho intramolecular Hbond substituents is 1. The Kier molecular flexibility index (Phi) is 6.89. The summed E-state index contributed by atoms with van der Waals surface area (Å²) in [5, 5.41) is 19.2. The summed E-state index contributed by atoms with van der Waals surface area (Å²) < 4.78 is 46.1. The van der Waals surface area contributed by atoms with Gasteiger partial charge in [-0.15, -0.1) is 10.2 Å². The van der Waals surface area contributed by atoms with Gasteiger partial charge in [-0.3, -0.25) is 9.59 Å². The van der Waals surface area contributed by atoms with E-state index in [2.05, 4.69) is 15.5 Å². The van der Waals surface area contributed by atoms with Gasteiger partial charge in [0.05, 0.1) is 19.2 Å². The molecule has 2 atom stereocenters. The lowest BCUT2D eigenvalue weighted by Crippen LogP contribution is -2.64. The monoisotopic (exact) mass is 530 g/mol. The largest absolute Gasteiger partial charge is 0.508 e. The van der Waals surface area contributed by atoms with Crippen LogP contribution in [0.2, 0.25) is 0 Å². The number of phenols is 1. The van der Waals surface area contributed by atoms with Crippen LogP contribution in [-0.4, -0.2) is 59.3 Å². The Morgan fingerprint density at radius 1 is 1.13 bits per heavy atom. The molecule has 2 aliphatic heterocycles. The van der Waals surface area contributed by atoms with Gasteiger partial charge in [0.25, 0.3) is 5.91 Å². The lowest BCUT2D eigenvalue weighted by molar-refractivity contribution is -0.166. The van der Waals surface area contributed by atoms with Crippen LogP contribution in [0.3, 0.4) is 0 Å². The number of rotatable bonds is 6. The van der Waals surface area contributed by atoms with Crippen LogP contribution in [-0.2, 0) is 21.6 Å². The van der Waals surface area contributed by atoms with E-state index in [1.165, 1.54) is 24.3 Å². The van der Waals surface area contributed by atoms with Gasteiger partial charge in [-0.05, 0) is 49.1 Å². The molecule has 1 aliphatic carbocycles. The molecule has 2 heterocycles. The fourth-order valence-electron chi connectivity index (χ4n) is 5.46. The lowest BCUT2D eigenvalue weighted by atomic mass is 9.78. The first-order valence-electron chi connectivity index (χ1n) is 12.7. The second kappa shape index (κ2) is 10.0. The molecule has 2 aromatic carbocycles. The second-order valence-electron chi connectivity index (χ2n) is 10.1. The quantitative estimate of drug-likeness (QED) is 0.575. The van der Waals surface area contributed by atoms with Crippen molar-refractivity contribution in [3.05, 3.63) is 65.2 Å². The number of ether oxygens (including phenoxy) is 1. The van der Waals surface area contributed by atoms with Crippen molar-refractivity contribution < 1.29 is 32.6 Å². The Morgan fingerprint density at radius 2 is 1.89 bits per heavy atom. The second-order valence-corrected chi connectivity index (χ2v) is 10.1. The van der Waals surface area contributed by atoms with Crippen molar-refractivity contribution in [1.82, 2.24) is 10.2 Å². The van der Waals surface area contributed by atoms with E-state index in [0.29, 0.717) is 26.0 Å². The van der Waals surface area contributed by atoms with Crippen LogP contribution in [0.25, 0.3) is 0 Å². The summed E-state index contributed by atoms with van der Waals surface area (Å²) in [6, 6.07) is 11.8. The molecule has 1 saturated heterocycles. The number of carbonyl (C=O) groups excluding carboxylic acids is 2. The van der Waals surface area contributed by atoms with Crippen molar-refractivity contribution in [3.8, 4) is 5.75 Å². The van der Waals surface area contributed by atoms with Crippen molar-refractivity contribution in [2.75, 3.05) is 19.7 Å². The number of aromatic hydroxyl groups is 1. The summed E-state index contributed by atoms with van der Waals surface area (Å²) in [4.78, 5) is 27.8. The van der Waals surface area contributed by atoms with Crippen molar-refractivity contribution in [2.45, 2.75) is 62.0 Å². The maximum atomic E-state index is 13.3. The average Bonchev–Trinajstić information content (AvgIpc) is 3.72. The Balaban J connectivity index is 1.24. The van der Waals surface area contributed by atoms with E-state index in [-0.39, 0.29) is 47.7 Å². The van der Waals surface area contributed by atoms with Gasteiger partial charge in [-0.25, -0.2) is 0 Å². The van der Waals surface area contributed by atoms with Crippen LogP contribution in [0, 0.1) is 0 Å². The molecule has 0 radical (unpaired) electrons. The molecule has 0 unspecified atom stereocenters. The SMILES string of the molecule is O=C(CCc1cccc(O)c1)N[C@H]1CCCC[C@@]12CN(C(=O)c1ccc(C3(C(F)(F)F)N=N3)cc1)CCO2. The molecule has 11 heteroatoms. The van der Waals surface area contributed by atoms with Crippen molar-refractivity contribution in [2.24, 2.45) is 10.2 Å². The Bertz CT molecular complexity index is 1220. The maximum absolute atomic E-state index is 13.3. The fourth-order valence-corrected chi connectivity index (χ4v) is 5.46. The summed E-state index contributed by atoms with van der Waals surface area (Å²) in [5.41, 5.74) is -2.24. The van der Waals surface area contributed by atoms with E-state index >= 15 is 0 Å². The van der Waals surface area contributed by atoms with Gasteiger partial charge in [-0.2, -0.15) is 13.2 Å². The molecule has 1 spiro atoms. The third kappa shape index (κ3) is 5.11. The lowest BCUT2D eigenvalue weighted by Gasteiger charge is -2.49. The minimum atomic E-state index is -4.63. The number of morpholine rings is 1. The van der Waals surface area contributed by atoms with Crippen LogP contribution in [0.15, 0.2) is 58.8 Å². The van der Waals surface area contributed by atoms with Gasteiger partial charge in [0.2, 0.25) is 5.91 Å². The van der Waals surface area contributed by atoms with Crippen LogP contribution in [0.5, 0.6) is 5.75 Å². The molecule has 8 nitrogen and oxygen atoms in total. The molecule has 5 rings (SSSR count). The van der Waals surface area contributed by atoms with E-state index in [4.69, 9.17) is 4.74 Å². The van der Waals surface area contributed by atoms with Gasteiger partial charge in [-0.1, -0.05) is 37.1 Å². The standard InChI is InChI=1S/C27H29F3N4O4/c28-27(29,30)26(32-33-26)20-10-8-19(9-11-20)24(37)34-14-15-38-25(17-34)13-2-1-6-22(25)31-23(36)12-7-18-4-3-5-21(35)16-18/h3-5,8-11,16,22,35H,1-2,6-7,12-15,17H2,(H,31,36)/t22-,25+/m0/s1. The summed E-state index contributed by atoms with van der Waals surface area (Å²) in [5.74, 6) is -0.275.